The van der Waals surface area contributed by atoms with Gasteiger partial charge in [0.25, 0.3) is 0 Å². The van der Waals surface area contributed by atoms with Gasteiger partial charge in [0.1, 0.15) is 11.5 Å². The van der Waals surface area contributed by atoms with Crippen LogP contribution in [0.3, 0.4) is 0 Å². The highest BCUT2D eigenvalue weighted by Gasteiger charge is 2.00. The Labute approximate surface area is 173 Å². The number of aryl methyl sites for hydroxylation is 4. The van der Waals surface area contributed by atoms with Crippen molar-refractivity contribution < 1.29 is 10.2 Å². The summed E-state index contributed by atoms with van der Waals surface area (Å²) in [5.41, 5.74) is 4.38. The summed E-state index contributed by atoms with van der Waals surface area (Å²) in [7, 11) is 0. The molecule has 0 radical (unpaired) electrons. The van der Waals surface area contributed by atoms with E-state index in [1.54, 1.807) is 0 Å². The Morgan fingerprint density at radius 1 is 0.571 bits per heavy atom. The maximum absolute atomic E-state index is 9.52. The first-order valence-corrected chi connectivity index (χ1v) is 11.0. The van der Waals surface area contributed by atoms with Crippen LogP contribution in [0.5, 0.6) is 11.5 Å². The van der Waals surface area contributed by atoms with Crippen molar-refractivity contribution in [2.24, 2.45) is 0 Å². The van der Waals surface area contributed by atoms with Gasteiger partial charge < -0.3 is 10.2 Å². The molecule has 0 spiro atoms. The molecule has 0 saturated heterocycles. The minimum absolute atomic E-state index is 0.448. The fourth-order valence-corrected chi connectivity index (χ4v) is 2.51. The average Bonchev–Trinajstić information content (AvgIpc) is 2.67. The van der Waals surface area contributed by atoms with Crippen molar-refractivity contribution in [3.05, 3.63) is 58.7 Å². The van der Waals surface area contributed by atoms with Gasteiger partial charge in [0, 0.05) is 0 Å². The van der Waals surface area contributed by atoms with E-state index in [2.05, 4.69) is 27.7 Å². The summed E-state index contributed by atoms with van der Waals surface area (Å²) in [6.45, 7) is 12.7. The summed E-state index contributed by atoms with van der Waals surface area (Å²) in [5, 5.41) is 19.0. The molecule has 0 aromatic heterocycles. The Balaban J connectivity index is 0.000000439. The maximum Gasteiger partial charge on any atom is 0.119 e. The summed E-state index contributed by atoms with van der Waals surface area (Å²) in [5.74, 6) is 0.895. The van der Waals surface area contributed by atoms with Crippen LogP contribution in [0.1, 0.15) is 88.5 Å². The summed E-state index contributed by atoms with van der Waals surface area (Å²) in [4.78, 5) is 0. The number of rotatable bonds is 7. The molecule has 2 N–H and O–H groups in total. The van der Waals surface area contributed by atoms with Crippen LogP contribution in [-0.4, -0.2) is 10.2 Å². The summed E-state index contributed by atoms with van der Waals surface area (Å²) < 4.78 is 0. The molecule has 158 valence electrons. The highest BCUT2D eigenvalue weighted by Crippen LogP contribution is 2.21. The number of aromatic hydroxyl groups is 2. The first-order chi connectivity index (χ1) is 13.4. The van der Waals surface area contributed by atoms with E-state index < -0.39 is 0 Å². The van der Waals surface area contributed by atoms with Gasteiger partial charge in [-0.15, -0.1) is 0 Å². The van der Waals surface area contributed by atoms with Gasteiger partial charge in [-0.2, -0.15) is 0 Å². The summed E-state index contributed by atoms with van der Waals surface area (Å²) in [6, 6.07) is 11.8. The third-order valence-electron chi connectivity index (χ3n) is 4.58. The van der Waals surface area contributed by atoms with E-state index in [1.165, 1.54) is 25.7 Å². The molecular formula is C26H42O2. The maximum atomic E-state index is 9.52. The number of hydrogen-bond donors (Lipinski definition) is 2. The summed E-state index contributed by atoms with van der Waals surface area (Å²) >= 11 is 0. The van der Waals surface area contributed by atoms with E-state index in [4.69, 9.17) is 0 Å². The fourth-order valence-electron chi connectivity index (χ4n) is 2.51. The highest BCUT2D eigenvalue weighted by molar-refractivity contribution is 5.36. The van der Waals surface area contributed by atoms with Crippen LogP contribution in [0, 0.1) is 13.8 Å². The van der Waals surface area contributed by atoms with Crippen LogP contribution < -0.4 is 0 Å². The van der Waals surface area contributed by atoms with Crippen LogP contribution in [-0.2, 0) is 12.8 Å². The molecule has 2 aromatic carbocycles. The normalized spacial score (nSPS) is 9.79. The van der Waals surface area contributed by atoms with Crippen LogP contribution in [0.2, 0.25) is 0 Å². The zero-order valence-electron chi connectivity index (χ0n) is 19.0. The van der Waals surface area contributed by atoms with Crippen molar-refractivity contribution >= 4 is 0 Å². The second-order valence-corrected chi connectivity index (χ2v) is 7.47. The second-order valence-electron chi connectivity index (χ2n) is 7.47. The van der Waals surface area contributed by atoms with E-state index in [1.807, 2.05) is 50.2 Å². The quantitative estimate of drug-likeness (QED) is 0.508. The SMILES string of the molecule is CCCC.CCCCc1ccc(C)cc1O.CCCCc1ccc(C)cc1O. The Kier molecular flexibility index (Phi) is 14.9. The van der Waals surface area contributed by atoms with E-state index in [-0.39, 0.29) is 0 Å². The van der Waals surface area contributed by atoms with Gasteiger partial charge >= 0.3 is 0 Å². The lowest BCUT2D eigenvalue weighted by molar-refractivity contribution is 0.466. The number of hydrogen-bond acceptors (Lipinski definition) is 2. The molecule has 2 nitrogen and oxygen atoms in total. The standard InChI is InChI=1S/2C11H16O.C4H10/c2*1-3-4-5-10-7-6-9(2)8-11(10)12;1-3-4-2/h2*6-8,12H,3-5H2,1-2H3;3-4H2,1-2H3. The zero-order valence-corrected chi connectivity index (χ0v) is 19.0. The number of benzene rings is 2. The van der Waals surface area contributed by atoms with Crippen molar-refractivity contribution in [3.63, 3.8) is 0 Å². The van der Waals surface area contributed by atoms with Crippen molar-refractivity contribution in [2.75, 3.05) is 0 Å². The molecule has 0 heterocycles. The zero-order chi connectivity index (χ0) is 21.4. The summed E-state index contributed by atoms with van der Waals surface area (Å²) in [6.07, 6.45) is 9.26. The molecule has 0 bridgehead atoms. The van der Waals surface area contributed by atoms with E-state index in [9.17, 15) is 10.2 Å². The monoisotopic (exact) mass is 386 g/mol. The van der Waals surface area contributed by atoms with Crippen LogP contribution in [0.4, 0.5) is 0 Å². The number of phenolic OH excluding ortho intramolecular Hbond substituents is 2. The van der Waals surface area contributed by atoms with Gasteiger partial charge in [-0.1, -0.05) is 77.6 Å². The van der Waals surface area contributed by atoms with Crippen LogP contribution in [0.25, 0.3) is 0 Å². The first-order valence-electron chi connectivity index (χ1n) is 11.0. The molecular weight excluding hydrogens is 344 g/mol. The molecule has 0 saturated carbocycles. The van der Waals surface area contributed by atoms with Gasteiger partial charge in [0.15, 0.2) is 0 Å². The predicted molar refractivity (Wildman–Crippen MR) is 123 cm³/mol. The molecule has 0 aliphatic heterocycles. The minimum atomic E-state index is 0.448. The molecule has 0 aliphatic rings. The molecule has 2 aromatic rings. The van der Waals surface area contributed by atoms with E-state index in [0.717, 1.165) is 47.9 Å². The average molecular weight is 387 g/mol. The van der Waals surface area contributed by atoms with E-state index in [0.29, 0.717) is 11.5 Å². The molecule has 2 heteroatoms. The Morgan fingerprint density at radius 3 is 1.18 bits per heavy atom. The lowest BCUT2D eigenvalue weighted by Gasteiger charge is -2.03. The van der Waals surface area contributed by atoms with Gasteiger partial charge in [-0.25, -0.2) is 0 Å². The Hall–Kier alpha value is -1.96. The number of unbranched alkanes of at least 4 members (excludes halogenated alkanes) is 3. The fraction of sp³-hybridized carbons (Fsp3) is 0.538. The van der Waals surface area contributed by atoms with Crippen molar-refractivity contribution in [3.8, 4) is 11.5 Å². The van der Waals surface area contributed by atoms with Crippen LogP contribution in [0.15, 0.2) is 36.4 Å². The highest BCUT2D eigenvalue weighted by atomic mass is 16.3. The molecule has 0 unspecified atom stereocenters. The molecule has 28 heavy (non-hydrogen) atoms. The van der Waals surface area contributed by atoms with Crippen molar-refractivity contribution in [1.29, 1.82) is 0 Å². The topological polar surface area (TPSA) is 40.5 Å². The molecule has 0 atom stereocenters. The third kappa shape index (κ3) is 11.7. The second kappa shape index (κ2) is 16.0. The third-order valence-corrected chi connectivity index (χ3v) is 4.58. The Bertz CT molecular complexity index is 589. The van der Waals surface area contributed by atoms with Gasteiger partial charge in [-0.05, 0) is 73.9 Å². The molecule has 0 fully saturated rings. The van der Waals surface area contributed by atoms with Gasteiger partial charge in [-0.3, -0.25) is 0 Å². The predicted octanol–water partition coefficient (Wildman–Crippen LogP) is 7.89. The van der Waals surface area contributed by atoms with Crippen LogP contribution >= 0.6 is 0 Å². The molecule has 2 rings (SSSR count). The van der Waals surface area contributed by atoms with Gasteiger partial charge in [0.2, 0.25) is 0 Å². The lowest BCUT2D eigenvalue weighted by Crippen LogP contribution is -1.85. The first kappa shape index (κ1) is 26.0. The molecule has 0 amide bonds. The van der Waals surface area contributed by atoms with Crippen molar-refractivity contribution in [1.82, 2.24) is 0 Å². The number of phenols is 2. The van der Waals surface area contributed by atoms with Gasteiger partial charge in [0.05, 0.1) is 0 Å². The minimum Gasteiger partial charge on any atom is -0.508 e. The Morgan fingerprint density at radius 2 is 0.929 bits per heavy atom. The largest absolute Gasteiger partial charge is 0.508 e. The van der Waals surface area contributed by atoms with Crippen molar-refractivity contribution in [2.45, 2.75) is 92.9 Å². The van der Waals surface area contributed by atoms with E-state index >= 15 is 0 Å². The lowest BCUT2D eigenvalue weighted by atomic mass is 10.1. The smallest absolute Gasteiger partial charge is 0.119 e. The molecule has 0 aliphatic carbocycles.